The van der Waals surface area contributed by atoms with Crippen LogP contribution in [0.1, 0.15) is 6.42 Å². The Balaban J connectivity index is 2.27. The third kappa shape index (κ3) is 1.11. The Morgan fingerprint density at radius 2 is 2.13 bits per heavy atom. The third-order valence-electron chi connectivity index (χ3n) is 2.24. The van der Waals surface area contributed by atoms with Gasteiger partial charge in [-0.05, 0) is 5.22 Å². The highest BCUT2D eigenvalue weighted by atomic mass is 16.1. The normalized spacial score (nSPS) is 22.3. The van der Waals surface area contributed by atoms with Crippen LogP contribution < -0.4 is 0 Å². The molecule has 0 aromatic rings. The molecule has 0 saturated heterocycles. The van der Waals surface area contributed by atoms with Crippen LogP contribution in [0.25, 0.3) is 0 Å². The van der Waals surface area contributed by atoms with Gasteiger partial charge in [0.05, 0.1) is 5.70 Å². The van der Waals surface area contributed by atoms with Crippen LogP contribution in [-0.2, 0) is 4.79 Å². The zero-order valence-electron chi connectivity index (χ0n) is 7.58. The molecule has 3 aliphatic rings. The van der Waals surface area contributed by atoms with Crippen LogP contribution in [0.4, 0.5) is 0 Å². The quantitative estimate of drug-likeness (QED) is 0.573. The van der Waals surface area contributed by atoms with Gasteiger partial charge in [0.15, 0.2) is 11.5 Å². The third-order valence-corrected chi connectivity index (χ3v) is 2.24. The fourth-order valence-corrected chi connectivity index (χ4v) is 1.58. The van der Waals surface area contributed by atoms with E-state index in [2.05, 4.69) is 25.4 Å². The summed E-state index contributed by atoms with van der Waals surface area (Å²) in [6, 6.07) is 0. The number of fused-ring (bicyclic) bond motifs is 2. The van der Waals surface area contributed by atoms with Crippen molar-refractivity contribution in [2.45, 2.75) is 6.42 Å². The lowest BCUT2D eigenvalue weighted by Gasteiger charge is -2.13. The van der Waals surface area contributed by atoms with Gasteiger partial charge in [-0.2, -0.15) is 0 Å². The van der Waals surface area contributed by atoms with Gasteiger partial charge in [0.25, 0.3) is 0 Å². The second-order valence-corrected chi connectivity index (χ2v) is 3.17. The summed E-state index contributed by atoms with van der Waals surface area (Å²) in [5.74, 6) is -0.0858. The van der Waals surface area contributed by atoms with Gasteiger partial charge < -0.3 is 0 Å². The summed E-state index contributed by atoms with van der Waals surface area (Å²) in [6.07, 6.45) is 5.01. The molecule has 0 fully saturated rings. The lowest BCUT2D eigenvalue weighted by Crippen LogP contribution is -2.21. The Bertz CT molecular complexity index is 533. The van der Waals surface area contributed by atoms with Crippen molar-refractivity contribution < 1.29 is 4.79 Å². The van der Waals surface area contributed by atoms with Crippen molar-refractivity contribution in [2.24, 2.45) is 25.4 Å². The van der Waals surface area contributed by atoms with Gasteiger partial charge in [-0.15, -0.1) is 10.2 Å². The van der Waals surface area contributed by atoms with E-state index in [9.17, 15) is 4.79 Å². The molecule has 0 spiro atoms. The van der Waals surface area contributed by atoms with Crippen molar-refractivity contribution in [3.8, 4) is 0 Å². The first-order valence-electron chi connectivity index (χ1n) is 4.38. The molecular weight excluding hydrogens is 194 g/mol. The fraction of sp³-hybridized carbons (Fsp3) is 0.111. The molecule has 0 aromatic heterocycles. The molecule has 2 aliphatic heterocycles. The number of hydrogen-bond donors (Lipinski definition) is 0. The summed E-state index contributed by atoms with van der Waals surface area (Å²) < 4.78 is 0. The van der Waals surface area contributed by atoms with E-state index in [1.165, 1.54) is 0 Å². The Morgan fingerprint density at radius 3 is 3.07 bits per heavy atom. The van der Waals surface area contributed by atoms with Gasteiger partial charge in [0, 0.05) is 30.6 Å². The predicted molar refractivity (Wildman–Crippen MR) is 54.0 cm³/mol. The van der Waals surface area contributed by atoms with Crippen LogP contribution in [-0.4, -0.2) is 23.9 Å². The minimum absolute atomic E-state index is 0.0858. The molecule has 2 heterocycles. The van der Waals surface area contributed by atoms with Gasteiger partial charge >= 0.3 is 0 Å². The molecule has 1 aliphatic carbocycles. The molecule has 0 atom stereocenters. The van der Waals surface area contributed by atoms with Gasteiger partial charge in [0.2, 0.25) is 0 Å². The van der Waals surface area contributed by atoms with E-state index in [1.807, 2.05) is 0 Å². The van der Waals surface area contributed by atoms with E-state index < -0.39 is 0 Å². The number of nitrogens with zero attached hydrogens (tertiary/aromatic N) is 5. The molecule has 72 valence electrons. The average molecular weight is 199 g/mol. The highest BCUT2D eigenvalue weighted by molar-refractivity contribution is 6.48. The molecule has 6 nitrogen and oxygen atoms in total. The molecule has 0 amide bonds. The van der Waals surface area contributed by atoms with E-state index >= 15 is 0 Å². The van der Waals surface area contributed by atoms with Crippen molar-refractivity contribution in [1.82, 2.24) is 0 Å². The van der Waals surface area contributed by atoms with Gasteiger partial charge in [0.1, 0.15) is 5.70 Å². The SMILES string of the molecule is O=C1CC2=CN=CC=NC2=C2N=NN=C12. The first-order chi connectivity index (χ1) is 7.36. The Morgan fingerprint density at radius 1 is 1.20 bits per heavy atom. The second-order valence-electron chi connectivity index (χ2n) is 3.17. The fourth-order valence-electron chi connectivity index (χ4n) is 1.58. The molecule has 0 aromatic carbocycles. The average Bonchev–Trinajstić information content (AvgIpc) is 2.60. The summed E-state index contributed by atoms with van der Waals surface area (Å²) in [6.45, 7) is 0. The highest BCUT2D eigenvalue weighted by Gasteiger charge is 2.32. The number of hydrogen-bond acceptors (Lipinski definition) is 6. The van der Waals surface area contributed by atoms with Crippen LogP contribution in [0.5, 0.6) is 0 Å². The van der Waals surface area contributed by atoms with E-state index in [0.717, 1.165) is 5.57 Å². The van der Waals surface area contributed by atoms with Crippen molar-refractivity contribution in [3.63, 3.8) is 0 Å². The topological polar surface area (TPSA) is 78.9 Å². The van der Waals surface area contributed by atoms with Crippen molar-refractivity contribution in [1.29, 1.82) is 0 Å². The molecule has 0 N–H and O–H groups in total. The molecule has 15 heavy (non-hydrogen) atoms. The molecule has 0 unspecified atom stereocenters. The number of aliphatic imine (C=N–C) groups is 2. The summed E-state index contributed by atoms with van der Waals surface area (Å²) in [5.41, 5.74) is 2.17. The number of carbonyl (C=O) groups is 1. The number of rotatable bonds is 0. The van der Waals surface area contributed by atoms with Crippen LogP contribution in [0, 0.1) is 0 Å². The monoisotopic (exact) mass is 199 g/mol. The summed E-state index contributed by atoms with van der Waals surface area (Å²) in [5, 5.41) is 11.0. The van der Waals surface area contributed by atoms with Gasteiger partial charge in [-0.1, -0.05) is 0 Å². The van der Waals surface area contributed by atoms with E-state index in [-0.39, 0.29) is 12.2 Å². The molecule has 6 heteroatoms. The number of carbonyl (C=O) groups excluding carboxylic acids is 1. The lowest BCUT2D eigenvalue weighted by atomic mass is 9.94. The van der Waals surface area contributed by atoms with Crippen LogP contribution in [0.15, 0.2) is 48.6 Å². The zero-order chi connectivity index (χ0) is 10.3. The molecule has 3 rings (SSSR count). The zero-order valence-corrected chi connectivity index (χ0v) is 7.58. The van der Waals surface area contributed by atoms with Crippen LogP contribution in [0.2, 0.25) is 0 Å². The summed E-state index contributed by atoms with van der Waals surface area (Å²) in [4.78, 5) is 19.8. The van der Waals surface area contributed by atoms with E-state index in [0.29, 0.717) is 17.1 Å². The molecule has 0 saturated carbocycles. The Kier molecular flexibility index (Phi) is 1.55. The molecule has 0 radical (unpaired) electrons. The lowest BCUT2D eigenvalue weighted by molar-refractivity contribution is -0.112. The maximum absolute atomic E-state index is 11.6. The smallest absolute Gasteiger partial charge is 0.190 e. The minimum Gasteiger partial charge on any atom is -0.292 e. The standard InChI is InChI=1S/C9H5N5O/c15-6-3-5-4-10-1-2-11-7(5)9-8(6)12-14-13-9/h1-2,4H,3H2. The molecule has 0 bridgehead atoms. The largest absolute Gasteiger partial charge is 0.292 e. The molecular formula is C9H5N5O. The maximum atomic E-state index is 11.6. The summed E-state index contributed by atoms with van der Waals surface area (Å²) >= 11 is 0. The number of ketones is 1. The second kappa shape index (κ2) is 2.88. The van der Waals surface area contributed by atoms with Crippen molar-refractivity contribution in [3.05, 3.63) is 23.2 Å². The first kappa shape index (κ1) is 8.10. The van der Waals surface area contributed by atoms with Crippen molar-refractivity contribution in [2.75, 3.05) is 0 Å². The maximum Gasteiger partial charge on any atom is 0.190 e. The first-order valence-corrected chi connectivity index (χ1v) is 4.38. The predicted octanol–water partition coefficient (Wildman–Crippen LogP) is 1.03. The van der Waals surface area contributed by atoms with Gasteiger partial charge in [-0.3, -0.25) is 14.8 Å². The number of Topliss-reactive ketones (excluding diaryl/α,β-unsaturated/α-hetero) is 1. The number of allylic oxidation sites excluding steroid dienone is 2. The van der Waals surface area contributed by atoms with Crippen LogP contribution >= 0.6 is 0 Å². The highest BCUT2D eigenvalue weighted by Crippen LogP contribution is 2.31. The van der Waals surface area contributed by atoms with E-state index in [1.54, 1.807) is 18.6 Å². The van der Waals surface area contributed by atoms with Crippen LogP contribution in [0.3, 0.4) is 0 Å². The Hall–Kier alpha value is -2.24. The Labute approximate surface area is 84.5 Å². The van der Waals surface area contributed by atoms with Crippen molar-refractivity contribution >= 4 is 23.9 Å². The van der Waals surface area contributed by atoms with Gasteiger partial charge in [-0.25, -0.2) is 0 Å². The minimum atomic E-state index is -0.0858. The van der Waals surface area contributed by atoms with E-state index in [4.69, 9.17) is 0 Å². The summed E-state index contributed by atoms with van der Waals surface area (Å²) in [7, 11) is 0.